The zero-order valence-electron chi connectivity index (χ0n) is 18.9. The fourth-order valence-electron chi connectivity index (χ4n) is 4.73. The van der Waals surface area contributed by atoms with Crippen LogP contribution in [0.2, 0.25) is 5.02 Å². The van der Waals surface area contributed by atoms with Crippen LogP contribution >= 0.6 is 11.6 Å². The van der Waals surface area contributed by atoms with E-state index in [0.29, 0.717) is 36.3 Å². The molecule has 34 heavy (non-hydrogen) atoms. The molecule has 1 aliphatic heterocycles. The molecular weight excluding hydrogens is 456 g/mol. The number of hydrogen-bond acceptors (Lipinski definition) is 5. The summed E-state index contributed by atoms with van der Waals surface area (Å²) in [7, 11) is 0. The first-order chi connectivity index (χ1) is 16.5. The lowest BCUT2D eigenvalue weighted by molar-refractivity contribution is 0.0535. The zero-order valence-corrected chi connectivity index (χ0v) is 19.6. The highest BCUT2D eigenvalue weighted by atomic mass is 35.5. The third kappa shape index (κ3) is 4.60. The number of halogens is 1. The fourth-order valence-corrected chi connectivity index (χ4v) is 4.90. The number of benzene rings is 2. The number of nitrogens with zero attached hydrogens (tertiary/aromatic N) is 1. The number of aliphatic hydroxyl groups excluding tert-OH is 2. The third-order valence-corrected chi connectivity index (χ3v) is 7.07. The van der Waals surface area contributed by atoms with Crippen LogP contribution in [-0.2, 0) is 11.2 Å². The molecule has 0 spiro atoms. The number of carbonyl (C=O) groups is 1. The Morgan fingerprint density at radius 1 is 1.21 bits per heavy atom. The number of aliphatic hydroxyl groups is 2. The topological polar surface area (TPSA) is 95.0 Å². The highest BCUT2D eigenvalue weighted by Gasteiger charge is 2.36. The van der Waals surface area contributed by atoms with Crippen LogP contribution in [0.4, 0.5) is 4.79 Å². The summed E-state index contributed by atoms with van der Waals surface area (Å²) in [5.41, 5.74) is 4.04. The van der Waals surface area contributed by atoms with Crippen molar-refractivity contribution in [2.24, 2.45) is 5.92 Å². The number of aromatic amines is 1. The molecule has 1 saturated carbocycles. The summed E-state index contributed by atoms with van der Waals surface area (Å²) >= 11 is 6.27. The molecule has 0 radical (unpaired) electrons. The third-order valence-electron chi connectivity index (χ3n) is 6.84. The second kappa shape index (κ2) is 9.86. The van der Waals surface area contributed by atoms with E-state index >= 15 is 0 Å². The Morgan fingerprint density at radius 3 is 2.71 bits per heavy atom. The van der Waals surface area contributed by atoms with Crippen molar-refractivity contribution in [2.75, 3.05) is 26.4 Å². The molecule has 2 atom stereocenters. The van der Waals surface area contributed by atoms with E-state index < -0.39 is 6.10 Å². The zero-order chi connectivity index (χ0) is 23.7. The molecule has 1 aromatic heterocycles. The van der Waals surface area contributed by atoms with Crippen molar-refractivity contribution in [3.8, 4) is 5.75 Å². The lowest BCUT2D eigenvalue weighted by atomic mass is 9.86. The van der Waals surface area contributed by atoms with Gasteiger partial charge in [-0.2, -0.15) is 0 Å². The van der Waals surface area contributed by atoms with Crippen molar-refractivity contribution in [1.82, 2.24) is 9.88 Å². The number of ether oxygens (including phenoxy) is 2. The Balaban J connectivity index is 1.45. The first-order valence-electron chi connectivity index (χ1n) is 11.8. The van der Waals surface area contributed by atoms with Gasteiger partial charge in [-0.25, -0.2) is 4.79 Å². The Labute approximate surface area is 203 Å². The van der Waals surface area contributed by atoms with Gasteiger partial charge in [0.05, 0.1) is 13.2 Å². The van der Waals surface area contributed by atoms with Crippen molar-refractivity contribution in [2.45, 2.75) is 37.8 Å². The highest BCUT2D eigenvalue weighted by molar-refractivity contribution is 6.31. The van der Waals surface area contributed by atoms with E-state index in [9.17, 15) is 9.90 Å². The van der Waals surface area contributed by atoms with E-state index in [-0.39, 0.29) is 25.3 Å². The van der Waals surface area contributed by atoms with Gasteiger partial charge in [0, 0.05) is 28.2 Å². The smallest absolute Gasteiger partial charge is 0.410 e. The lowest BCUT2D eigenvalue weighted by Gasteiger charge is -2.36. The fraction of sp³-hybridized carbons (Fsp3) is 0.423. The van der Waals surface area contributed by atoms with E-state index in [1.807, 2.05) is 42.5 Å². The van der Waals surface area contributed by atoms with Crippen LogP contribution in [0.1, 0.15) is 42.1 Å². The lowest BCUT2D eigenvalue weighted by Crippen LogP contribution is -2.41. The number of nitrogens with one attached hydrogen (secondary N) is 1. The Bertz CT molecular complexity index is 1160. The van der Waals surface area contributed by atoms with Crippen LogP contribution in [0, 0.1) is 5.92 Å². The van der Waals surface area contributed by atoms with Gasteiger partial charge in [-0.15, -0.1) is 0 Å². The molecule has 180 valence electrons. The number of carbonyl (C=O) groups excluding carboxylic acids is 1. The molecule has 3 N–H and O–H groups in total. The Hall–Kier alpha value is -2.74. The first-order valence-corrected chi connectivity index (χ1v) is 12.2. The van der Waals surface area contributed by atoms with Crippen LogP contribution in [0.3, 0.4) is 0 Å². The van der Waals surface area contributed by atoms with Crippen LogP contribution in [0.25, 0.3) is 10.9 Å². The Kier molecular flexibility index (Phi) is 6.68. The second-order valence-corrected chi connectivity index (χ2v) is 9.58. The maximum atomic E-state index is 13.2. The normalized spacial score (nSPS) is 18.9. The maximum absolute atomic E-state index is 13.2. The highest BCUT2D eigenvalue weighted by Crippen LogP contribution is 2.40. The molecule has 7 nitrogen and oxygen atoms in total. The molecule has 1 amide bonds. The van der Waals surface area contributed by atoms with Crippen LogP contribution in [0.5, 0.6) is 5.75 Å². The number of amides is 1. The number of aromatic nitrogens is 1. The predicted octanol–water partition coefficient (Wildman–Crippen LogP) is 4.44. The molecular formula is C26H29ClN2O5. The van der Waals surface area contributed by atoms with Crippen LogP contribution < -0.4 is 4.74 Å². The summed E-state index contributed by atoms with van der Waals surface area (Å²) in [5, 5.41) is 20.3. The maximum Gasteiger partial charge on any atom is 0.410 e. The van der Waals surface area contributed by atoms with Gasteiger partial charge < -0.3 is 24.7 Å². The summed E-state index contributed by atoms with van der Waals surface area (Å²) < 4.78 is 11.3. The van der Waals surface area contributed by atoms with Crippen molar-refractivity contribution < 1.29 is 24.5 Å². The average Bonchev–Trinajstić information content (AvgIpc) is 3.19. The molecule has 2 heterocycles. The van der Waals surface area contributed by atoms with Gasteiger partial charge in [-0.05, 0) is 66.6 Å². The number of H-pyrrole nitrogens is 1. The minimum atomic E-state index is -0.931. The predicted molar refractivity (Wildman–Crippen MR) is 129 cm³/mol. The summed E-state index contributed by atoms with van der Waals surface area (Å²) in [4.78, 5) is 18.5. The quantitative estimate of drug-likeness (QED) is 0.461. The molecule has 0 bridgehead atoms. The van der Waals surface area contributed by atoms with Crippen molar-refractivity contribution in [3.63, 3.8) is 0 Å². The minimum Gasteiger partial charge on any atom is -0.491 e. The molecule has 1 fully saturated rings. The number of hydrogen-bond donors (Lipinski definition) is 3. The number of fused-ring (bicyclic) bond motifs is 3. The molecule has 2 aliphatic rings. The second-order valence-electron chi connectivity index (χ2n) is 9.14. The van der Waals surface area contributed by atoms with Crippen molar-refractivity contribution >= 4 is 28.6 Å². The molecule has 3 aromatic rings. The van der Waals surface area contributed by atoms with Gasteiger partial charge in [-0.3, -0.25) is 4.90 Å². The van der Waals surface area contributed by atoms with E-state index in [4.69, 9.17) is 26.2 Å². The molecule has 1 aliphatic carbocycles. The monoisotopic (exact) mass is 484 g/mol. The van der Waals surface area contributed by atoms with Gasteiger partial charge in [0.25, 0.3) is 0 Å². The van der Waals surface area contributed by atoms with Gasteiger partial charge in [0.2, 0.25) is 0 Å². The van der Waals surface area contributed by atoms with E-state index in [0.717, 1.165) is 40.6 Å². The molecule has 8 heteroatoms. The molecule has 5 rings (SSSR count). The summed E-state index contributed by atoms with van der Waals surface area (Å²) in [6.45, 7) is 0.663. The van der Waals surface area contributed by atoms with Crippen LogP contribution in [-0.4, -0.2) is 58.7 Å². The average molecular weight is 485 g/mol. The summed E-state index contributed by atoms with van der Waals surface area (Å²) in [6.07, 6.45) is 2.93. The van der Waals surface area contributed by atoms with Crippen LogP contribution in [0.15, 0.2) is 42.5 Å². The molecule has 2 aromatic carbocycles. The van der Waals surface area contributed by atoms with Gasteiger partial charge in [0.1, 0.15) is 24.5 Å². The van der Waals surface area contributed by atoms with Gasteiger partial charge in [-0.1, -0.05) is 30.2 Å². The first kappa shape index (κ1) is 23.0. The van der Waals surface area contributed by atoms with E-state index in [1.54, 1.807) is 4.90 Å². The minimum absolute atomic E-state index is 0.00577. The summed E-state index contributed by atoms with van der Waals surface area (Å²) in [5.74, 6) is 1.05. The van der Waals surface area contributed by atoms with E-state index in [2.05, 4.69) is 4.98 Å². The van der Waals surface area contributed by atoms with E-state index in [1.165, 1.54) is 6.42 Å². The standard InChI is InChI=1S/C26H29ClN2O5/c27-18-6-9-23-22(12-18)21-10-11-29(26(32)34-14-16-2-1-3-16)25(24(21)28-23)17-4-7-20(8-5-17)33-15-19(31)13-30/h4-9,12,16,19,25,28,30-31H,1-3,10-11,13-15H2/t19-,25-/m0/s1. The van der Waals surface area contributed by atoms with Crippen molar-refractivity contribution in [1.29, 1.82) is 0 Å². The molecule has 0 unspecified atom stereocenters. The summed E-state index contributed by atoms with van der Waals surface area (Å²) in [6, 6.07) is 12.9. The largest absolute Gasteiger partial charge is 0.491 e. The van der Waals surface area contributed by atoms with Gasteiger partial charge in [0.15, 0.2) is 0 Å². The SMILES string of the molecule is O=C(OCC1CCC1)N1CCc2c([nH]c3ccc(Cl)cc23)[C@@H]1c1ccc(OC[C@@H](O)CO)cc1. The van der Waals surface area contributed by atoms with Gasteiger partial charge >= 0.3 is 6.09 Å². The Morgan fingerprint density at radius 2 is 2.00 bits per heavy atom. The number of rotatable bonds is 7. The molecule has 0 saturated heterocycles. The van der Waals surface area contributed by atoms with Crippen molar-refractivity contribution in [3.05, 3.63) is 64.3 Å².